The van der Waals surface area contributed by atoms with Crippen LogP contribution in [0.2, 0.25) is 0 Å². The molecule has 1 aromatic carbocycles. The van der Waals surface area contributed by atoms with Crippen molar-refractivity contribution in [2.24, 2.45) is 5.73 Å². The van der Waals surface area contributed by atoms with E-state index in [1.165, 1.54) is 12.3 Å². The molecular formula is C9H7BrFNO. The van der Waals surface area contributed by atoms with Gasteiger partial charge in [0, 0.05) is 17.5 Å². The summed E-state index contributed by atoms with van der Waals surface area (Å²) in [5.41, 5.74) is 6.56. The fraction of sp³-hybridized carbons (Fsp3) is 0.111. The Morgan fingerprint density at radius 1 is 1.54 bits per heavy atom. The van der Waals surface area contributed by atoms with Gasteiger partial charge >= 0.3 is 0 Å². The Bertz CT molecular complexity index is 452. The Balaban J connectivity index is 2.88. The number of halogens is 2. The summed E-state index contributed by atoms with van der Waals surface area (Å²) in [5, 5.41) is 0.731. The van der Waals surface area contributed by atoms with Crippen LogP contribution in [0.15, 0.2) is 27.3 Å². The minimum Gasteiger partial charge on any atom is -0.463 e. The zero-order chi connectivity index (χ0) is 9.42. The van der Waals surface area contributed by atoms with E-state index >= 15 is 0 Å². The molecule has 0 saturated carbocycles. The molecule has 0 amide bonds. The Morgan fingerprint density at radius 3 is 3.00 bits per heavy atom. The van der Waals surface area contributed by atoms with E-state index in [-0.39, 0.29) is 12.4 Å². The van der Waals surface area contributed by atoms with Crippen molar-refractivity contribution < 1.29 is 8.81 Å². The quantitative estimate of drug-likeness (QED) is 0.837. The lowest BCUT2D eigenvalue weighted by molar-refractivity contribution is 0.600. The molecule has 0 radical (unpaired) electrons. The first kappa shape index (κ1) is 8.72. The van der Waals surface area contributed by atoms with E-state index in [0.29, 0.717) is 15.6 Å². The summed E-state index contributed by atoms with van der Waals surface area (Å²) in [5.74, 6) is -0.303. The summed E-state index contributed by atoms with van der Waals surface area (Å²) >= 11 is 3.22. The standard InChI is InChI=1S/C9H7BrFNO/c10-7-3-8(11)6(4-12)5-1-2-13-9(5)7/h1-3H,4,12H2. The van der Waals surface area contributed by atoms with Gasteiger partial charge in [0.2, 0.25) is 0 Å². The van der Waals surface area contributed by atoms with Crippen molar-refractivity contribution in [3.05, 3.63) is 34.2 Å². The van der Waals surface area contributed by atoms with E-state index in [1.807, 2.05) is 0 Å². The summed E-state index contributed by atoms with van der Waals surface area (Å²) in [7, 11) is 0. The van der Waals surface area contributed by atoms with Crippen LogP contribution >= 0.6 is 15.9 Å². The first-order valence-electron chi connectivity index (χ1n) is 3.78. The predicted molar refractivity (Wildman–Crippen MR) is 51.8 cm³/mol. The van der Waals surface area contributed by atoms with Crippen LogP contribution in [-0.2, 0) is 6.54 Å². The topological polar surface area (TPSA) is 39.2 Å². The van der Waals surface area contributed by atoms with Gasteiger partial charge in [0.05, 0.1) is 10.7 Å². The van der Waals surface area contributed by atoms with E-state index < -0.39 is 0 Å². The monoisotopic (exact) mass is 243 g/mol. The SMILES string of the molecule is NCc1c(F)cc(Br)c2occc12. The largest absolute Gasteiger partial charge is 0.463 e. The molecule has 13 heavy (non-hydrogen) atoms. The van der Waals surface area contributed by atoms with E-state index in [9.17, 15) is 4.39 Å². The maximum Gasteiger partial charge on any atom is 0.148 e. The lowest BCUT2D eigenvalue weighted by Crippen LogP contribution is -2.00. The van der Waals surface area contributed by atoms with Crippen LogP contribution in [-0.4, -0.2) is 0 Å². The number of fused-ring (bicyclic) bond motifs is 1. The van der Waals surface area contributed by atoms with Gasteiger partial charge in [-0.3, -0.25) is 0 Å². The van der Waals surface area contributed by atoms with Gasteiger partial charge < -0.3 is 10.2 Å². The molecule has 2 nitrogen and oxygen atoms in total. The third kappa shape index (κ3) is 1.26. The highest BCUT2D eigenvalue weighted by molar-refractivity contribution is 9.10. The molecule has 0 fully saturated rings. The maximum atomic E-state index is 13.3. The van der Waals surface area contributed by atoms with Crippen molar-refractivity contribution in [1.82, 2.24) is 0 Å². The molecule has 0 spiro atoms. The second-order valence-electron chi connectivity index (χ2n) is 2.69. The molecule has 0 aliphatic heterocycles. The first-order valence-corrected chi connectivity index (χ1v) is 4.57. The van der Waals surface area contributed by atoms with Gasteiger partial charge in [-0.2, -0.15) is 0 Å². The lowest BCUT2D eigenvalue weighted by atomic mass is 10.1. The second kappa shape index (κ2) is 3.12. The molecule has 0 bridgehead atoms. The van der Waals surface area contributed by atoms with Crippen LogP contribution in [0.3, 0.4) is 0 Å². The minimum absolute atomic E-state index is 0.176. The molecule has 2 aromatic rings. The molecule has 0 atom stereocenters. The summed E-state index contributed by atoms with van der Waals surface area (Å²) < 4.78 is 19.1. The zero-order valence-electron chi connectivity index (χ0n) is 6.68. The fourth-order valence-electron chi connectivity index (χ4n) is 1.33. The van der Waals surface area contributed by atoms with Crippen molar-refractivity contribution in [2.45, 2.75) is 6.54 Å². The van der Waals surface area contributed by atoms with Crippen molar-refractivity contribution in [2.75, 3.05) is 0 Å². The van der Waals surface area contributed by atoms with Crippen molar-refractivity contribution in [3.8, 4) is 0 Å². The number of benzene rings is 1. The van der Waals surface area contributed by atoms with Gasteiger partial charge in [-0.1, -0.05) is 0 Å². The number of nitrogens with two attached hydrogens (primary N) is 1. The van der Waals surface area contributed by atoms with Crippen LogP contribution in [0.4, 0.5) is 4.39 Å². The third-order valence-corrected chi connectivity index (χ3v) is 2.54. The number of hydrogen-bond acceptors (Lipinski definition) is 2. The molecule has 0 saturated heterocycles. The summed E-state index contributed by atoms with van der Waals surface area (Å²) in [4.78, 5) is 0. The number of hydrogen-bond donors (Lipinski definition) is 1. The fourth-order valence-corrected chi connectivity index (χ4v) is 1.84. The molecule has 2 rings (SSSR count). The van der Waals surface area contributed by atoms with Crippen molar-refractivity contribution in [3.63, 3.8) is 0 Å². The maximum absolute atomic E-state index is 13.3. The normalized spacial score (nSPS) is 11.0. The average molecular weight is 244 g/mol. The van der Waals surface area contributed by atoms with Gasteiger partial charge in [-0.15, -0.1) is 0 Å². The Hall–Kier alpha value is -0.870. The van der Waals surface area contributed by atoms with Gasteiger partial charge in [0.25, 0.3) is 0 Å². The van der Waals surface area contributed by atoms with Crippen molar-refractivity contribution >= 4 is 26.9 Å². The van der Waals surface area contributed by atoms with E-state index in [4.69, 9.17) is 10.2 Å². The molecule has 2 N–H and O–H groups in total. The predicted octanol–water partition coefficient (Wildman–Crippen LogP) is 2.79. The van der Waals surface area contributed by atoms with Crippen LogP contribution in [0.1, 0.15) is 5.56 Å². The number of rotatable bonds is 1. The van der Waals surface area contributed by atoms with Gasteiger partial charge in [0.15, 0.2) is 0 Å². The first-order chi connectivity index (χ1) is 6.24. The van der Waals surface area contributed by atoms with E-state index in [1.54, 1.807) is 6.07 Å². The number of furan rings is 1. The lowest BCUT2D eigenvalue weighted by Gasteiger charge is -2.02. The summed E-state index contributed by atoms with van der Waals surface area (Å²) in [6.45, 7) is 0.176. The molecule has 1 heterocycles. The van der Waals surface area contributed by atoms with Gasteiger partial charge in [0.1, 0.15) is 11.4 Å². The van der Waals surface area contributed by atoms with Crippen LogP contribution < -0.4 is 5.73 Å². The van der Waals surface area contributed by atoms with Crippen molar-refractivity contribution in [1.29, 1.82) is 0 Å². The zero-order valence-corrected chi connectivity index (χ0v) is 8.27. The Kier molecular flexibility index (Phi) is 2.09. The molecule has 1 aromatic heterocycles. The van der Waals surface area contributed by atoms with Crippen LogP contribution in [0.5, 0.6) is 0 Å². The van der Waals surface area contributed by atoms with Gasteiger partial charge in [-0.05, 0) is 28.1 Å². The minimum atomic E-state index is -0.303. The molecule has 4 heteroatoms. The summed E-state index contributed by atoms with van der Waals surface area (Å²) in [6, 6.07) is 3.08. The second-order valence-corrected chi connectivity index (χ2v) is 3.54. The average Bonchev–Trinajstić information content (AvgIpc) is 2.53. The van der Waals surface area contributed by atoms with Gasteiger partial charge in [-0.25, -0.2) is 4.39 Å². The van der Waals surface area contributed by atoms with E-state index in [0.717, 1.165) is 5.39 Å². The molecule has 0 unspecified atom stereocenters. The summed E-state index contributed by atoms with van der Waals surface area (Å²) in [6.07, 6.45) is 1.52. The molecule has 68 valence electrons. The molecular weight excluding hydrogens is 237 g/mol. The Labute approximate surface area is 82.6 Å². The highest BCUT2D eigenvalue weighted by Gasteiger charge is 2.11. The van der Waals surface area contributed by atoms with Crippen LogP contribution in [0.25, 0.3) is 11.0 Å². The highest BCUT2D eigenvalue weighted by Crippen LogP contribution is 2.29. The third-order valence-electron chi connectivity index (χ3n) is 1.95. The molecule has 0 aliphatic carbocycles. The van der Waals surface area contributed by atoms with Crippen LogP contribution in [0, 0.1) is 5.82 Å². The smallest absolute Gasteiger partial charge is 0.148 e. The highest BCUT2D eigenvalue weighted by atomic mass is 79.9. The Morgan fingerprint density at radius 2 is 2.31 bits per heavy atom. The van der Waals surface area contributed by atoms with E-state index in [2.05, 4.69) is 15.9 Å². The molecule has 0 aliphatic rings.